The number of ether oxygens (including phenoxy) is 1. The van der Waals surface area contributed by atoms with Gasteiger partial charge in [-0.3, -0.25) is 9.59 Å². The summed E-state index contributed by atoms with van der Waals surface area (Å²) in [6.07, 6.45) is 0.481. The monoisotopic (exact) mass is 196 g/mol. The molecular formula is C10H9FO3. The summed E-state index contributed by atoms with van der Waals surface area (Å²) in [5, 5.41) is 0. The first-order valence-electron chi connectivity index (χ1n) is 3.93. The van der Waals surface area contributed by atoms with E-state index in [1.165, 1.54) is 14.0 Å². The van der Waals surface area contributed by atoms with E-state index in [1.807, 2.05) is 0 Å². The van der Waals surface area contributed by atoms with Crippen molar-refractivity contribution in [3.05, 3.63) is 29.1 Å². The van der Waals surface area contributed by atoms with Crippen molar-refractivity contribution in [1.29, 1.82) is 0 Å². The molecule has 3 nitrogen and oxygen atoms in total. The van der Waals surface area contributed by atoms with E-state index in [9.17, 15) is 14.0 Å². The Balaban J connectivity index is 3.46. The number of rotatable bonds is 3. The minimum Gasteiger partial charge on any atom is -0.496 e. The second-order valence-electron chi connectivity index (χ2n) is 2.74. The van der Waals surface area contributed by atoms with Gasteiger partial charge in [-0.05, 0) is 13.0 Å². The number of benzene rings is 1. The van der Waals surface area contributed by atoms with E-state index in [-0.39, 0.29) is 22.7 Å². The maximum Gasteiger partial charge on any atom is 0.160 e. The Morgan fingerprint density at radius 3 is 2.57 bits per heavy atom. The summed E-state index contributed by atoms with van der Waals surface area (Å²) in [4.78, 5) is 21.7. The average Bonchev–Trinajstić information content (AvgIpc) is 2.16. The standard InChI is InChI=1S/C10H9FO3/c1-6(13)8-3-7(11)4-10(14-2)9(8)5-12/h3-5H,1-2H3. The molecule has 74 valence electrons. The smallest absolute Gasteiger partial charge is 0.160 e. The van der Waals surface area contributed by atoms with Crippen LogP contribution in [0.4, 0.5) is 4.39 Å². The van der Waals surface area contributed by atoms with Crippen molar-refractivity contribution >= 4 is 12.1 Å². The zero-order valence-electron chi connectivity index (χ0n) is 7.83. The van der Waals surface area contributed by atoms with Gasteiger partial charge in [-0.1, -0.05) is 0 Å². The van der Waals surface area contributed by atoms with Crippen molar-refractivity contribution in [2.75, 3.05) is 7.11 Å². The summed E-state index contributed by atoms with van der Waals surface area (Å²) in [5.74, 6) is -0.896. The van der Waals surface area contributed by atoms with Crippen molar-refractivity contribution in [1.82, 2.24) is 0 Å². The molecule has 0 aliphatic rings. The molecule has 0 aliphatic heterocycles. The van der Waals surface area contributed by atoms with Gasteiger partial charge in [-0.25, -0.2) is 4.39 Å². The fourth-order valence-electron chi connectivity index (χ4n) is 1.17. The van der Waals surface area contributed by atoms with Crippen molar-refractivity contribution < 1.29 is 18.7 Å². The largest absolute Gasteiger partial charge is 0.496 e. The van der Waals surface area contributed by atoms with E-state index in [0.29, 0.717) is 6.29 Å². The molecular weight excluding hydrogens is 187 g/mol. The maximum atomic E-state index is 12.9. The molecule has 4 heteroatoms. The molecule has 0 atom stereocenters. The molecule has 0 radical (unpaired) electrons. The fraction of sp³-hybridized carbons (Fsp3) is 0.200. The topological polar surface area (TPSA) is 43.4 Å². The van der Waals surface area contributed by atoms with Gasteiger partial charge in [0, 0.05) is 11.6 Å². The normalized spacial score (nSPS) is 9.64. The van der Waals surface area contributed by atoms with Crippen LogP contribution in [0.25, 0.3) is 0 Å². The van der Waals surface area contributed by atoms with Crippen LogP contribution in [-0.4, -0.2) is 19.2 Å². The van der Waals surface area contributed by atoms with Gasteiger partial charge in [-0.2, -0.15) is 0 Å². The molecule has 1 aromatic rings. The predicted molar refractivity (Wildman–Crippen MR) is 48.3 cm³/mol. The Bertz CT molecular complexity index is 385. The Kier molecular flexibility index (Phi) is 2.96. The van der Waals surface area contributed by atoms with E-state index >= 15 is 0 Å². The quantitative estimate of drug-likeness (QED) is 0.547. The van der Waals surface area contributed by atoms with Crippen molar-refractivity contribution in [3.8, 4) is 5.75 Å². The van der Waals surface area contributed by atoms with Gasteiger partial charge in [-0.15, -0.1) is 0 Å². The number of hydrogen-bond acceptors (Lipinski definition) is 3. The highest BCUT2D eigenvalue weighted by Gasteiger charge is 2.14. The Morgan fingerprint density at radius 1 is 1.50 bits per heavy atom. The zero-order chi connectivity index (χ0) is 10.7. The fourth-order valence-corrected chi connectivity index (χ4v) is 1.17. The van der Waals surface area contributed by atoms with Crippen LogP contribution in [0.2, 0.25) is 0 Å². The SMILES string of the molecule is COc1cc(F)cc(C(C)=O)c1C=O. The highest BCUT2D eigenvalue weighted by atomic mass is 19.1. The van der Waals surface area contributed by atoms with Crippen LogP contribution >= 0.6 is 0 Å². The molecule has 0 aromatic heterocycles. The molecule has 0 N–H and O–H groups in total. The van der Waals surface area contributed by atoms with E-state index < -0.39 is 5.82 Å². The van der Waals surface area contributed by atoms with E-state index in [2.05, 4.69) is 0 Å². The maximum absolute atomic E-state index is 12.9. The zero-order valence-corrected chi connectivity index (χ0v) is 7.83. The van der Waals surface area contributed by atoms with Crippen LogP contribution in [0.3, 0.4) is 0 Å². The van der Waals surface area contributed by atoms with Crippen LogP contribution in [0, 0.1) is 5.82 Å². The number of aldehydes is 1. The molecule has 1 rings (SSSR count). The summed E-state index contributed by atoms with van der Waals surface area (Å²) in [7, 11) is 1.31. The van der Waals surface area contributed by atoms with E-state index in [4.69, 9.17) is 4.74 Å². The number of carbonyl (C=O) groups is 2. The molecule has 14 heavy (non-hydrogen) atoms. The third-order valence-electron chi connectivity index (χ3n) is 1.82. The predicted octanol–water partition coefficient (Wildman–Crippen LogP) is 1.85. The Morgan fingerprint density at radius 2 is 2.14 bits per heavy atom. The lowest BCUT2D eigenvalue weighted by molar-refractivity contribution is 0.100. The summed E-state index contributed by atoms with van der Waals surface area (Å²) < 4.78 is 17.7. The van der Waals surface area contributed by atoms with Gasteiger partial charge < -0.3 is 4.74 Å². The van der Waals surface area contributed by atoms with Crippen LogP contribution in [0.5, 0.6) is 5.75 Å². The molecule has 0 amide bonds. The van der Waals surface area contributed by atoms with Gasteiger partial charge in [0.2, 0.25) is 0 Å². The Hall–Kier alpha value is -1.71. The van der Waals surface area contributed by atoms with Gasteiger partial charge in [0.05, 0.1) is 12.7 Å². The first kappa shape index (κ1) is 10.4. The van der Waals surface area contributed by atoms with E-state index in [0.717, 1.165) is 12.1 Å². The molecule has 0 saturated carbocycles. The summed E-state index contributed by atoms with van der Waals surface area (Å²) in [6, 6.07) is 2.09. The number of methoxy groups -OCH3 is 1. The second-order valence-corrected chi connectivity index (χ2v) is 2.74. The highest BCUT2D eigenvalue weighted by molar-refractivity contribution is 6.02. The van der Waals surface area contributed by atoms with Gasteiger partial charge in [0.1, 0.15) is 11.6 Å². The summed E-state index contributed by atoms with van der Waals surface area (Å²) in [5.41, 5.74) is 0.123. The molecule has 0 unspecified atom stereocenters. The number of carbonyl (C=O) groups excluding carboxylic acids is 2. The van der Waals surface area contributed by atoms with Crippen molar-refractivity contribution in [2.45, 2.75) is 6.92 Å². The lowest BCUT2D eigenvalue weighted by Gasteiger charge is -2.07. The van der Waals surface area contributed by atoms with Crippen LogP contribution in [-0.2, 0) is 0 Å². The summed E-state index contributed by atoms with van der Waals surface area (Å²) in [6.45, 7) is 1.27. The lowest BCUT2D eigenvalue weighted by atomic mass is 10.0. The molecule has 0 spiro atoms. The molecule has 0 heterocycles. The van der Waals surface area contributed by atoms with Crippen molar-refractivity contribution in [3.63, 3.8) is 0 Å². The van der Waals surface area contributed by atoms with E-state index in [1.54, 1.807) is 0 Å². The van der Waals surface area contributed by atoms with Crippen molar-refractivity contribution in [2.24, 2.45) is 0 Å². The second kappa shape index (κ2) is 4.00. The van der Waals surface area contributed by atoms with Gasteiger partial charge in [0.15, 0.2) is 12.1 Å². The van der Waals surface area contributed by atoms with Gasteiger partial charge >= 0.3 is 0 Å². The third-order valence-corrected chi connectivity index (χ3v) is 1.82. The minimum absolute atomic E-state index is 0.0388. The number of Topliss-reactive ketones (excluding diaryl/α,β-unsaturated/α-hetero) is 1. The first-order valence-corrected chi connectivity index (χ1v) is 3.93. The number of hydrogen-bond donors (Lipinski definition) is 0. The highest BCUT2D eigenvalue weighted by Crippen LogP contribution is 2.22. The first-order chi connectivity index (χ1) is 6.60. The molecule has 0 fully saturated rings. The van der Waals surface area contributed by atoms with Crippen LogP contribution in [0.1, 0.15) is 27.6 Å². The lowest BCUT2D eigenvalue weighted by Crippen LogP contribution is -2.02. The molecule has 1 aromatic carbocycles. The Labute approximate surface area is 80.5 Å². The molecule has 0 saturated heterocycles. The third kappa shape index (κ3) is 1.79. The number of halogens is 1. The van der Waals surface area contributed by atoms with Gasteiger partial charge in [0.25, 0.3) is 0 Å². The molecule has 0 aliphatic carbocycles. The molecule has 0 bridgehead atoms. The van der Waals surface area contributed by atoms with Crippen LogP contribution < -0.4 is 4.74 Å². The number of ketones is 1. The summed E-state index contributed by atoms with van der Waals surface area (Å²) >= 11 is 0. The van der Waals surface area contributed by atoms with Crippen LogP contribution in [0.15, 0.2) is 12.1 Å². The average molecular weight is 196 g/mol. The minimum atomic E-state index is -0.599.